The molecule has 0 radical (unpaired) electrons. The molecular weight excluding hydrogens is 276 g/mol. The van der Waals surface area contributed by atoms with E-state index in [1.165, 1.54) is 0 Å². The summed E-state index contributed by atoms with van der Waals surface area (Å²) in [5.41, 5.74) is -0.482. The van der Waals surface area contributed by atoms with E-state index < -0.39 is 26.5 Å². The first-order chi connectivity index (χ1) is 7.84. The summed E-state index contributed by atoms with van der Waals surface area (Å²) in [6, 6.07) is 2.65. The van der Waals surface area contributed by atoms with Crippen molar-refractivity contribution in [1.82, 2.24) is 0 Å². The van der Waals surface area contributed by atoms with Crippen LogP contribution >= 0.6 is 12.0 Å². The molecule has 0 aliphatic rings. The van der Waals surface area contributed by atoms with Gasteiger partial charge in [-0.2, -0.15) is 8.42 Å². The Labute approximate surface area is 99.6 Å². The molecular formula is C7H5O8S2-. The Morgan fingerprint density at radius 3 is 2.47 bits per heavy atom. The van der Waals surface area contributed by atoms with Gasteiger partial charge in [-0.3, -0.25) is 4.55 Å². The van der Waals surface area contributed by atoms with Gasteiger partial charge in [-0.15, -0.1) is 4.33 Å². The molecule has 0 unspecified atom stereocenters. The monoisotopic (exact) mass is 281 g/mol. The van der Waals surface area contributed by atoms with Crippen LogP contribution in [-0.4, -0.2) is 24.2 Å². The highest BCUT2D eigenvalue weighted by atomic mass is 32.2. The molecule has 0 saturated heterocycles. The molecule has 0 heterocycles. The first kappa shape index (κ1) is 13.9. The summed E-state index contributed by atoms with van der Waals surface area (Å²) in [4.78, 5) is 9.90. The molecule has 0 bridgehead atoms. The lowest BCUT2D eigenvalue weighted by Gasteiger charge is -2.07. The summed E-state index contributed by atoms with van der Waals surface area (Å²) in [7, 11) is -4.57. The lowest BCUT2D eigenvalue weighted by Crippen LogP contribution is -2.22. The first-order valence-electron chi connectivity index (χ1n) is 3.83. The van der Waals surface area contributed by atoms with E-state index in [0.29, 0.717) is 18.1 Å². The lowest BCUT2D eigenvalue weighted by atomic mass is 10.2. The molecule has 0 atom stereocenters. The fourth-order valence-corrected chi connectivity index (χ4v) is 2.03. The Hall–Kier alpha value is -1.17. The van der Waals surface area contributed by atoms with Crippen molar-refractivity contribution in [3.8, 4) is 0 Å². The summed E-state index contributed by atoms with van der Waals surface area (Å²) in [6.07, 6.45) is 0. The molecule has 0 aliphatic carbocycles. The number of hydrogen-bond donors (Lipinski definition) is 2. The third kappa shape index (κ3) is 3.96. The van der Waals surface area contributed by atoms with Gasteiger partial charge in [-0.05, 0) is 23.8 Å². The van der Waals surface area contributed by atoms with Gasteiger partial charge >= 0.3 is 0 Å². The minimum atomic E-state index is -4.57. The maximum atomic E-state index is 10.8. The summed E-state index contributed by atoms with van der Waals surface area (Å²) in [6.45, 7) is 0. The zero-order valence-corrected chi connectivity index (χ0v) is 9.53. The Morgan fingerprint density at radius 1 is 1.35 bits per heavy atom. The van der Waals surface area contributed by atoms with Crippen molar-refractivity contribution in [3.63, 3.8) is 0 Å². The molecule has 0 fully saturated rings. The van der Waals surface area contributed by atoms with E-state index in [1.54, 1.807) is 0 Å². The van der Waals surface area contributed by atoms with Gasteiger partial charge in [0.25, 0.3) is 10.1 Å². The van der Waals surface area contributed by atoms with Crippen molar-refractivity contribution < 1.29 is 37.5 Å². The molecule has 10 heteroatoms. The summed E-state index contributed by atoms with van der Waals surface area (Å²) < 4.78 is 34.5. The van der Waals surface area contributed by atoms with Crippen LogP contribution in [0.1, 0.15) is 10.4 Å². The van der Waals surface area contributed by atoms with Gasteiger partial charge < -0.3 is 9.90 Å². The zero-order valence-electron chi connectivity index (χ0n) is 7.89. The SMILES string of the molecule is O=C([O-])c1cc(SOOO)cc(S(=O)(=O)O)c1. The molecule has 0 spiro atoms. The van der Waals surface area contributed by atoms with Crippen LogP contribution in [0, 0.1) is 0 Å². The molecule has 1 aromatic carbocycles. The quantitative estimate of drug-likeness (QED) is 0.323. The molecule has 0 amide bonds. The summed E-state index contributed by atoms with van der Waals surface area (Å²) in [5.74, 6) is -1.64. The Kier molecular flexibility index (Phi) is 4.45. The van der Waals surface area contributed by atoms with Gasteiger partial charge in [-0.1, -0.05) is 5.04 Å². The van der Waals surface area contributed by atoms with Crippen LogP contribution in [0.4, 0.5) is 0 Å². The van der Waals surface area contributed by atoms with E-state index in [4.69, 9.17) is 9.81 Å². The van der Waals surface area contributed by atoms with Gasteiger partial charge in [0.2, 0.25) is 0 Å². The highest BCUT2D eigenvalue weighted by molar-refractivity contribution is 7.94. The van der Waals surface area contributed by atoms with E-state index >= 15 is 0 Å². The predicted octanol–water partition coefficient (Wildman–Crippen LogP) is -0.275. The first-order valence-corrected chi connectivity index (χ1v) is 6.01. The summed E-state index contributed by atoms with van der Waals surface area (Å²) >= 11 is 0.343. The lowest BCUT2D eigenvalue weighted by molar-refractivity contribution is -0.432. The minimum Gasteiger partial charge on any atom is -0.545 e. The number of carbonyl (C=O) groups is 1. The fourth-order valence-electron chi connectivity index (χ4n) is 0.941. The third-order valence-corrected chi connectivity index (χ3v) is 2.96. The predicted molar refractivity (Wildman–Crippen MR) is 51.2 cm³/mol. The second kappa shape index (κ2) is 5.44. The van der Waals surface area contributed by atoms with Crippen molar-refractivity contribution in [2.45, 2.75) is 9.79 Å². The average Bonchev–Trinajstić information content (AvgIpc) is 2.24. The van der Waals surface area contributed by atoms with Crippen molar-refractivity contribution in [2.75, 3.05) is 0 Å². The number of benzene rings is 1. The fraction of sp³-hybridized carbons (Fsp3) is 0. The third-order valence-electron chi connectivity index (χ3n) is 1.57. The maximum Gasteiger partial charge on any atom is 0.294 e. The van der Waals surface area contributed by atoms with Crippen molar-refractivity contribution in [3.05, 3.63) is 23.8 Å². The van der Waals surface area contributed by atoms with E-state index in [1.807, 2.05) is 0 Å². The molecule has 1 rings (SSSR count). The molecule has 0 saturated carbocycles. The Bertz CT molecular complexity index is 523. The number of aromatic carboxylic acids is 1. The van der Waals surface area contributed by atoms with Crippen molar-refractivity contribution >= 4 is 28.1 Å². The molecule has 0 aliphatic heterocycles. The van der Waals surface area contributed by atoms with Gasteiger partial charge in [0.15, 0.2) is 0 Å². The molecule has 1 aromatic rings. The van der Waals surface area contributed by atoms with E-state index in [-0.39, 0.29) is 4.90 Å². The zero-order chi connectivity index (χ0) is 13.1. The number of carbonyl (C=O) groups excluding carboxylic acids is 1. The van der Waals surface area contributed by atoms with E-state index in [0.717, 1.165) is 12.1 Å². The standard InChI is InChI=1S/C7H6O8S2/c8-7(9)4-1-5(16-15-14-10)3-6(2-4)17(11,12)13/h1-3,10H,(H,8,9)(H,11,12,13)/p-1. The van der Waals surface area contributed by atoms with E-state index in [9.17, 15) is 18.3 Å². The molecule has 0 aromatic heterocycles. The van der Waals surface area contributed by atoms with E-state index in [2.05, 4.69) is 9.37 Å². The molecule has 8 nitrogen and oxygen atoms in total. The summed E-state index contributed by atoms with van der Waals surface area (Å²) in [5, 5.41) is 21.7. The highest BCUT2D eigenvalue weighted by Crippen LogP contribution is 2.24. The van der Waals surface area contributed by atoms with Crippen LogP contribution in [0.2, 0.25) is 0 Å². The minimum absolute atomic E-state index is 0.0339. The number of carboxylic acid groups (broad SMARTS) is 1. The molecule has 17 heavy (non-hydrogen) atoms. The second-order valence-electron chi connectivity index (χ2n) is 2.68. The largest absolute Gasteiger partial charge is 0.545 e. The molecule has 2 N–H and O–H groups in total. The maximum absolute atomic E-state index is 10.8. The van der Waals surface area contributed by atoms with Crippen LogP contribution in [0.5, 0.6) is 0 Å². The van der Waals surface area contributed by atoms with Crippen molar-refractivity contribution in [2.24, 2.45) is 0 Å². The Morgan fingerprint density at radius 2 is 2.00 bits per heavy atom. The van der Waals surface area contributed by atoms with Gasteiger partial charge in [0.1, 0.15) is 0 Å². The smallest absolute Gasteiger partial charge is 0.294 e. The second-order valence-corrected chi connectivity index (χ2v) is 4.88. The topological polar surface area (TPSA) is 133 Å². The van der Waals surface area contributed by atoms with Crippen LogP contribution in [0.15, 0.2) is 28.0 Å². The van der Waals surface area contributed by atoms with Crippen LogP contribution < -0.4 is 5.11 Å². The normalized spacial score (nSPS) is 11.4. The highest BCUT2D eigenvalue weighted by Gasteiger charge is 2.13. The number of carboxylic acids is 1. The van der Waals surface area contributed by atoms with Crippen molar-refractivity contribution in [1.29, 1.82) is 0 Å². The van der Waals surface area contributed by atoms with Gasteiger partial charge in [0, 0.05) is 4.90 Å². The van der Waals surface area contributed by atoms with Gasteiger partial charge in [0.05, 0.1) is 22.9 Å². The number of hydrogen-bond acceptors (Lipinski definition) is 8. The van der Waals surface area contributed by atoms with Crippen LogP contribution in [0.3, 0.4) is 0 Å². The van der Waals surface area contributed by atoms with Gasteiger partial charge in [-0.25, -0.2) is 5.26 Å². The average molecular weight is 281 g/mol. The number of rotatable bonds is 5. The van der Waals surface area contributed by atoms with Crippen LogP contribution in [0.25, 0.3) is 0 Å². The Balaban J connectivity index is 3.24. The molecule has 94 valence electrons. The van der Waals surface area contributed by atoms with Crippen LogP contribution in [-0.2, 0) is 19.5 Å².